The van der Waals surface area contributed by atoms with Gasteiger partial charge in [-0.05, 0) is 67.3 Å². The smallest absolute Gasteiger partial charge is 0.300 e. The summed E-state index contributed by atoms with van der Waals surface area (Å²) in [6.45, 7) is 4.28. The molecule has 1 atom stereocenters. The summed E-state index contributed by atoms with van der Waals surface area (Å²) in [7, 11) is 0. The van der Waals surface area contributed by atoms with Gasteiger partial charge in [0, 0.05) is 42.4 Å². The first kappa shape index (κ1) is 21.0. The minimum atomic E-state index is -0.866. The standard InChI is InChI=1S/C26H25N3O4/c1-17-10-14-28(15-11-17)19-4-6-20(7-5-19)29-23(21-3-2-16-33-21)22(25(31)26(29)32)24(30)18-8-12-27-13-9-18/h2-9,12-13,16-17,23,30H,10-11,14-15H2,1H3/b24-22-. The van der Waals surface area contributed by atoms with Gasteiger partial charge in [0.15, 0.2) is 0 Å². The maximum Gasteiger partial charge on any atom is 0.300 e. The molecule has 0 radical (unpaired) electrons. The summed E-state index contributed by atoms with van der Waals surface area (Å²) >= 11 is 0. The molecule has 1 amide bonds. The minimum absolute atomic E-state index is 0.00440. The lowest BCUT2D eigenvalue weighted by molar-refractivity contribution is -0.132. The molecule has 2 aliphatic rings. The number of aromatic nitrogens is 1. The number of rotatable bonds is 4. The van der Waals surface area contributed by atoms with Crippen LogP contribution in [-0.4, -0.2) is 34.9 Å². The highest BCUT2D eigenvalue weighted by Crippen LogP contribution is 2.42. The van der Waals surface area contributed by atoms with Crippen LogP contribution in [0.1, 0.15) is 37.1 Å². The van der Waals surface area contributed by atoms with Gasteiger partial charge in [-0.15, -0.1) is 0 Å². The van der Waals surface area contributed by atoms with Gasteiger partial charge in [0.2, 0.25) is 0 Å². The van der Waals surface area contributed by atoms with Crippen molar-refractivity contribution in [1.82, 2.24) is 4.98 Å². The highest BCUT2D eigenvalue weighted by Gasteiger charge is 2.48. The number of pyridine rings is 1. The van der Waals surface area contributed by atoms with Gasteiger partial charge in [-0.25, -0.2) is 0 Å². The molecule has 1 N–H and O–H groups in total. The summed E-state index contributed by atoms with van der Waals surface area (Å²) in [5, 5.41) is 11.0. The largest absolute Gasteiger partial charge is 0.507 e. The van der Waals surface area contributed by atoms with Crippen LogP contribution in [0.2, 0.25) is 0 Å². The first-order valence-corrected chi connectivity index (χ1v) is 11.1. The Kier molecular flexibility index (Phi) is 5.46. The van der Waals surface area contributed by atoms with Gasteiger partial charge in [0.05, 0.1) is 11.8 Å². The lowest BCUT2D eigenvalue weighted by Gasteiger charge is -2.32. The summed E-state index contributed by atoms with van der Waals surface area (Å²) in [5.41, 5.74) is 2.07. The van der Waals surface area contributed by atoms with Gasteiger partial charge in [-0.3, -0.25) is 19.5 Å². The van der Waals surface area contributed by atoms with Crippen molar-refractivity contribution in [2.45, 2.75) is 25.8 Å². The Morgan fingerprint density at radius 1 is 1.00 bits per heavy atom. The van der Waals surface area contributed by atoms with Gasteiger partial charge in [0.25, 0.3) is 11.7 Å². The second-order valence-corrected chi connectivity index (χ2v) is 8.61. The zero-order valence-corrected chi connectivity index (χ0v) is 18.3. The Morgan fingerprint density at radius 3 is 2.30 bits per heavy atom. The van der Waals surface area contributed by atoms with Crippen LogP contribution in [0.15, 0.2) is 77.2 Å². The number of hydrogen-bond donors (Lipinski definition) is 1. The number of aliphatic hydroxyl groups is 1. The van der Waals surface area contributed by atoms with E-state index in [1.807, 2.05) is 24.3 Å². The van der Waals surface area contributed by atoms with Crippen molar-refractivity contribution < 1.29 is 19.1 Å². The number of amides is 1. The third-order valence-electron chi connectivity index (χ3n) is 6.49. The molecule has 3 aromatic rings. The molecule has 4 heterocycles. The number of carbonyl (C=O) groups excluding carboxylic acids is 2. The number of ketones is 1. The lowest BCUT2D eigenvalue weighted by atomic mass is 9.98. The van der Waals surface area contributed by atoms with E-state index in [-0.39, 0.29) is 11.3 Å². The van der Waals surface area contributed by atoms with E-state index < -0.39 is 17.7 Å². The Labute approximate surface area is 192 Å². The molecule has 1 aromatic carbocycles. The molecule has 7 heteroatoms. The molecule has 5 rings (SSSR count). The minimum Gasteiger partial charge on any atom is -0.507 e. The van der Waals surface area contributed by atoms with E-state index >= 15 is 0 Å². The molecule has 33 heavy (non-hydrogen) atoms. The van der Waals surface area contributed by atoms with Crippen LogP contribution < -0.4 is 9.80 Å². The molecule has 1 unspecified atom stereocenters. The summed E-state index contributed by atoms with van der Waals surface area (Å²) in [6.07, 6.45) is 6.84. The summed E-state index contributed by atoms with van der Waals surface area (Å²) < 4.78 is 5.60. The normalized spacial score (nSPS) is 21.1. The Bertz CT molecular complexity index is 1180. The van der Waals surface area contributed by atoms with Crippen LogP contribution in [0.5, 0.6) is 0 Å². The first-order chi connectivity index (χ1) is 16.0. The van der Waals surface area contributed by atoms with Crippen LogP contribution in [0, 0.1) is 5.92 Å². The van der Waals surface area contributed by atoms with Crippen molar-refractivity contribution in [3.05, 3.63) is 84.1 Å². The summed E-state index contributed by atoms with van der Waals surface area (Å²) in [5.74, 6) is -0.565. The molecule has 2 fully saturated rings. The Morgan fingerprint density at radius 2 is 1.67 bits per heavy atom. The van der Waals surface area contributed by atoms with Crippen molar-refractivity contribution in [3.8, 4) is 0 Å². The second-order valence-electron chi connectivity index (χ2n) is 8.61. The number of piperidine rings is 1. The van der Waals surface area contributed by atoms with Crippen LogP contribution in [0.25, 0.3) is 5.76 Å². The molecule has 2 aromatic heterocycles. The second kappa shape index (κ2) is 8.58. The van der Waals surface area contributed by atoms with Crippen LogP contribution in [0.3, 0.4) is 0 Å². The van der Waals surface area contributed by atoms with Crippen molar-refractivity contribution >= 4 is 28.8 Å². The third-order valence-corrected chi connectivity index (χ3v) is 6.49. The number of furan rings is 1. The van der Waals surface area contributed by atoms with Crippen LogP contribution in [0.4, 0.5) is 11.4 Å². The highest BCUT2D eigenvalue weighted by atomic mass is 16.3. The zero-order chi connectivity index (χ0) is 22.9. The van der Waals surface area contributed by atoms with Gasteiger partial charge >= 0.3 is 0 Å². The number of aliphatic hydroxyl groups excluding tert-OH is 1. The topological polar surface area (TPSA) is 86.9 Å². The molecule has 2 saturated heterocycles. The van der Waals surface area contributed by atoms with Crippen LogP contribution in [-0.2, 0) is 9.59 Å². The number of nitrogens with zero attached hydrogens (tertiary/aromatic N) is 3. The number of carbonyl (C=O) groups is 2. The molecule has 7 nitrogen and oxygen atoms in total. The van der Waals surface area contributed by atoms with E-state index in [9.17, 15) is 14.7 Å². The van der Waals surface area contributed by atoms with Crippen molar-refractivity contribution in [2.24, 2.45) is 5.92 Å². The number of Topliss-reactive ketones (excluding diaryl/α,β-unsaturated/α-hetero) is 1. The summed E-state index contributed by atoms with van der Waals surface area (Å²) in [6, 6.07) is 13.4. The van der Waals surface area contributed by atoms with E-state index in [0.717, 1.165) is 37.5 Å². The maximum absolute atomic E-state index is 13.1. The average Bonchev–Trinajstić information content (AvgIpc) is 3.47. The maximum atomic E-state index is 13.1. The van der Waals surface area contributed by atoms with Crippen molar-refractivity contribution in [2.75, 3.05) is 22.9 Å². The Hall–Kier alpha value is -3.87. The zero-order valence-electron chi connectivity index (χ0n) is 18.3. The van der Waals surface area contributed by atoms with Crippen molar-refractivity contribution in [1.29, 1.82) is 0 Å². The van der Waals surface area contributed by atoms with E-state index in [0.29, 0.717) is 17.0 Å². The van der Waals surface area contributed by atoms with E-state index in [1.54, 1.807) is 24.3 Å². The lowest BCUT2D eigenvalue weighted by Crippen LogP contribution is -2.33. The van der Waals surface area contributed by atoms with Crippen LogP contribution >= 0.6 is 0 Å². The monoisotopic (exact) mass is 443 g/mol. The molecule has 168 valence electrons. The molecule has 0 spiro atoms. The van der Waals surface area contributed by atoms with Crippen molar-refractivity contribution in [3.63, 3.8) is 0 Å². The third kappa shape index (κ3) is 3.80. The van der Waals surface area contributed by atoms with Gasteiger partial charge in [-0.1, -0.05) is 6.92 Å². The van der Waals surface area contributed by atoms with E-state index in [4.69, 9.17) is 4.42 Å². The molecular weight excluding hydrogens is 418 g/mol. The Balaban J connectivity index is 1.54. The number of hydrogen-bond acceptors (Lipinski definition) is 6. The fourth-order valence-electron chi connectivity index (χ4n) is 4.57. The molecule has 2 aliphatic heterocycles. The number of anilines is 2. The fraction of sp³-hybridized carbons (Fsp3) is 0.269. The molecule has 0 bridgehead atoms. The van der Waals surface area contributed by atoms with E-state index in [2.05, 4.69) is 16.8 Å². The van der Waals surface area contributed by atoms with Gasteiger partial charge in [-0.2, -0.15) is 0 Å². The predicted molar refractivity (Wildman–Crippen MR) is 125 cm³/mol. The molecular formula is C26H25N3O4. The fourth-order valence-corrected chi connectivity index (χ4v) is 4.57. The van der Waals surface area contributed by atoms with Gasteiger partial charge < -0.3 is 14.4 Å². The first-order valence-electron chi connectivity index (χ1n) is 11.1. The number of benzene rings is 1. The quantitative estimate of drug-likeness (QED) is 0.362. The van der Waals surface area contributed by atoms with E-state index in [1.165, 1.54) is 23.6 Å². The molecule has 0 saturated carbocycles. The molecule has 0 aliphatic carbocycles. The summed E-state index contributed by atoms with van der Waals surface area (Å²) in [4.78, 5) is 33.9. The SMILES string of the molecule is CC1CCN(c2ccc(N3C(=O)C(=O)/C(=C(\O)c4ccncc4)C3c3ccco3)cc2)CC1. The predicted octanol–water partition coefficient (Wildman–Crippen LogP) is 4.54. The highest BCUT2D eigenvalue weighted by molar-refractivity contribution is 6.51. The van der Waals surface area contributed by atoms with Gasteiger partial charge in [0.1, 0.15) is 17.6 Å². The average molecular weight is 444 g/mol.